The highest BCUT2D eigenvalue weighted by atomic mass is 16.3. The normalized spacial score (nSPS) is 36.2. The van der Waals surface area contributed by atoms with E-state index in [9.17, 15) is 9.90 Å². The first-order chi connectivity index (χ1) is 18.0. The zero-order valence-corrected chi connectivity index (χ0v) is 26.2. The Morgan fingerprint density at radius 3 is 2.08 bits per heavy atom. The second-order valence-corrected chi connectivity index (χ2v) is 11.7. The van der Waals surface area contributed by atoms with Crippen molar-refractivity contribution in [3.05, 3.63) is 46.3 Å². The van der Waals surface area contributed by atoms with Gasteiger partial charge in [0, 0.05) is 11.0 Å². The van der Waals surface area contributed by atoms with Crippen molar-refractivity contribution in [1.82, 2.24) is 0 Å². The van der Waals surface area contributed by atoms with Crippen molar-refractivity contribution in [3.8, 4) is 0 Å². The topological polar surface area (TPSA) is 78.2 Å². The fourth-order valence-electron chi connectivity index (χ4n) is 8.08. The van der Waals surface area contributed by atoms with E-state index in [0.29, 0.717) is 5.41 Å². The number of nitrogens with one attached hydrogen (secondary N) is 1. The number of isocyanates is 1. The molecule has 6 unspecified atom stereocenters. The van der Waals surface area contributed by atoms with Crippen molar-refractivity contribution in [1.29, 1.82) is 5.41 Å². The Bertz CT molecular complexity index is 1010. The lowest BCUT2D eigenvalue weighted by molar-refractivity contribution is -0.114. The van der Waals surface area contributed by atoms with Crippen LogP contribution in [0.5, 0.6) is 0 Å². The predicted octanol–water partition coefficient (Wildman–Crippen LogP) is 9.83. The number of allylic oxidation sites excluding steroid dienone is 7. The number of fused-ring (bicyclic) bond motifs is 7. The number of carbonyl (C=O) groups excluding carboxylic acids is 2. The summed E-state index contributed by atoms with van der Waals surface area (Å²) in [6, 6.07) is 0. The Hall–Kier alpha value is -2.19. The molecular weight excluding hydrogens is 470 g/mol. The van der Waals surface area contributed by atoms with E-state index in [4.69, 9.17) is 10.2 Å². The molecule has 38 heavy (non-hydrogen) atoms. The summed E-state index contributed by atoms with van der Waals surface area (Å²) in [7, 11) is 0. The maximum Gasteiger partial charge on any atom is 0.231 e. The maximum atomic E-state index is 12.5. The molecule has 0 aromatic carbocycles. The van der Waals surface area contributed by atoms with Crippen molar-refractivity contribution < 1.29 is 14.7 Å². The van der Waals surface area contributed by atoms with Gasteiger partial charge in [0.15, 0.2) is 5.76 Å². The molecule has 4 heteroatoms. The lowest BCUT2D eigenvalue weighted by Gasteiger charge is -2.64. The average molecular weight is 526 g/mol. The molecule has 0 saturated heterocycles. The molecule has 0 heterocycles. The van der Waals surface area contributed by atoms with Gasteiger partial charge in [-0.3, -0.25) is 4.79 Å². The van der Waals surface area contributed by atoms with E-state index >= 15 is 0 Å². The highest BCUT2D eigenvalue weighted by Crippen LogP contribution is 2.69. The van der Waals surface area contributed by atoms with Crippen molar-refractivity contribution >= 4 is 11.9 Å². The van der Waals surface area contributed by atoms with Gasteiger partial charge in [-0.25, -0.2) is 10.2 Å². The maximum absolute atomic E-state index is 12.5. The zero-order valence-electron chi connectivity index (χ0n) is 26.2. The lowest BCUT2D eigenvalue weighted by atomic mass is 9.40. The van der Waals surface area contributed by atoms with Crippen LogP contribution in [0.2, 0.25) is 0 Å². The highest BCUT2D eigenvalue weighted by Gasteiger charge is 2.60. The van der Waals surface area contributed by atoms with Crippen LogP contribution in [0.25, 0.3) is 0 Å². The molecule has 3 fully saturated rings. The van der Waals surface area contributed by atoms with Crippen LogP contribution in [-0.4, -0.2) is 17.0 Å². The summed E-state index contributed by atoms with van der Waals surface area (Å²) in [5.74, 6) is 2.13. The third-order valence-electron chi connectivity index (χ3n) is 10.0. The summed E-state index contributed by atoms with van der Waals surface area (Å²) in [6.45, 7) is 23.8. The molecule has 0 amide bonds. The number of aliphatic hydroxyl groups is 1. The van der Waals surface area contributed by atoms with Gasteiger partial charge >= 0.3 is 0 Å². The summed E-state index contributed by atoms with van der Waals surface area (Å²) < 4.78 is 0. The van der Waals surface area contributed by atoms with E-state index in [0.717, 1.165) is 47.0 Å². The smallest absolute Gasteiger partial charge is 0.231 e. The van der Waals surface area contributed by atoms with Gasteiger partial charge in [0.2, 0.25) is 11.9 Å². The van der Waals surface area contributed by atoms with Gasteiger partial charge in [-0.1, -0.05) is 93.4 Å². The molecule has 5 rings (SSSR count). The number of carbonyl (C=O) groups is 1. The molecule has 3 saturated carbocycles. The van der Waals surface area contributed by atoms with E-state index in [1.54, 1.807) is 11.6 Å². The van der Waals surface area contributed by atoms with E-state index in [-0.39, 0.29) is 22.4 Å². The average Bonchev–Trinajstić information content (AvgIpc) is 2.92. The minimum atomic E-state index is -0.221. The lowest BCUT2D eigenvalue weighted by Crippen LogP contribution is -2.55. The molecule has 6 atom stereocenters. The first-order valence-electron chi connectivity index (χ1n) is 15.2. The van der Waals surface area contributed by atoms with Crippen LogP contribution in [0, 0.1) is 39.4 Å². The van der Waals surface area contributed by atoms with Crippen LogP contribution in [0.15, 0.2) is 46.3 Å². The fraction of sp³-hybridized carbons (Fsp3) is 0.706. The van der Waals surface area contributed by atoms with Gasteiger partial charge < -0.3 is 5.11 Å². The molecule has 4 nitrogen and oxygen atoms in total. The Labute approximate surface area is 233 Å². The van der Waals surface area contributed by atoms with E-state index in [1.165, 1.54) is 38.5 Å². The molecule has 2 N–H and O–H groups in total. The third-order valence-corrected chi connectivity index (χ3v) is 10.0. The van der Waals surface area contributed by atoms with Crippen molar-refractivity contribution in [2.24, 2.45) is 34.0 Å². The Balaban J connectivity index is 0.000000723. The zero-order chi connectivity index (χ0) is 29.5. The molecule has 214 valence electrons. The summed E-state index contributed by atoms with van der Waals surface area (Å²) >= 11 is 0. The second-order valence-electron chi connectivity index (χ2n) is 11.7. The number of hydrogen-bond acceptors (Lipinski definition) is 4. The van der Waals surface area contributed by atoms with Crippen LogP contribution in [0.4, 0.5) is 0 Å². The Morgan fingerprint density at radius 1 is 0.921 bits per heavy atom. The van der Waals surface area contributed by atoms with Gasteiger partial charge in [0.05, 0.1) is 0 Å². The fourth-order valence-corrected chi connectivity index (χ4v) is 8.08. The first kappa shape index (κ1) is 33.8. The van der Waals surface area contributed by atoms with Gasteiger partial charge in [-0.15, -0.1) is 0 Å². The third kappa shape index (κ3) is 5.71. The van der Waals surface area contributed by atoms with Crippen LogP contribution in [0.3, 0.4) is 0 Å². The molecule has 5 aliphatic carbocycles. The first-order valence-corrected chi connectivity index (χ1v) is 15.2. The minimum absolute atomic E-state index is 0.0787. The molecule has 0 radical (unpaired) electrons. The Morgan fingerprint density at radius 2 is 1.50 bits per heavy atom. The molecule has 0 spiro atoms. The number of ketones is 1. The minimum Gasteiger partial charge on any atom is -0.504 e. The van der Waals surface area contributed by atoms with E-state index in [1.807, 2.05) is 48.5 Å². The number of rotatable bonds is 0. The quantitative estimate of drug-likeness (QED) is 0.244. The Kier molecular flexibility index (Phi) is 12.2. The van der Waals surface area contributed by atoms with Gasteiger partial charge in [-0.2, -0.15) is 0 Å². The molecule has 0 bridgehead atoms. The van der Waals surface area contributed by atoms with Crippen LogP contribution >= 0.6 is 0 Å². The molecule has 0 aromatic rings. The van der Waals surface area contributed by atoms with Crippen LogP contribution in [0.1, 0.15) is 121 Å². The van der Waals surface area contributed by atoms with Crippen LogP contribution in [-0.2, 0) is 9.59 Å². The van der Waals surface area contributed by atoms with Crippen molar-refractivity contribution in [2.45, 2.75) is 121 Å². The van der Waals surface area contributed by atoms with Gasteiger partial charge in [0.25, 0.3) is 0 Å². The van der Waals surface area contributed by atoms with Crippen molar-refractivity contribution in [3.63, 3.8) is 0 Å². The number of hydrogen-bond donors (Lipinski definition) is 2. The molecule has 5 aliphatic rings. The molecular formula is C34H55NO3. The standard InChI is InChI=1S/C27H36O2.3C2H6.CHNO/c1-16-8-10-25(3)12-13-27(5)19(21(25)14-16)9-11-26(4)20-15-22(28)24(29)17(2)18(20)6-7-23(26)27;3*1-2;2-1-3/h6-7,15-16,19,21,29H,8-14H2,1-5H3;3*1-2H3;2H. The summed E-state index contributed by atoms with van der Waals surface area (Å²) in [6.07, 6.45) is 16.2. The summed E-state index contributed by atoms with van der Waals surface area (Å²) in [5.41, 5.74) is 5.18. The summed E-state index contributed by atoms with van der Waals surface area (Å²) in [4.78, 5) is 20.8. The van der Waals surface area contributed by atoms with Gasteiger partial charge in [0.1, 0.15) is 0 Å². The molecule has 0 aromatic heterocycles. The highest BCUT2D eigenvalue weighted by molar-refractivity contribution is 6.06. The molecule has 0 aliphatic heterocycles. The van der Waals surface area contributed by atoms with Gasteiger partial charge in [-0.05, 0) is 91.3 Å². The van der Waals surface area contributed by atoms with Crippen LogP contribution < -0.4 is 0 Å². The van der Waals surface area contributed by atoms with E-state index in [2.05, 4.69) is 39.8 Å². The number of aliphatic hydroxyl groups excluding tert-OH is 1. The second kappa shape index (κ2) is 13.7. The van der Waals surface area contributed by atoms with Crippen molar-refractivity contribution in [2.75, 3.05) is 0 Å². The monoisotopic (exact) mass is 525 g/mol. The van der Waals surface area contributed by atoms with E-state index < -0.39 is 0 Å². The SMILES string of the molecule is CC.CC.CC.CC1=C(O)C(=O)C=C2C1=CC=C1C2(C)CCC2C3CC(C)CCC3(C)CCC12C.N=C=O. The predicted molar refractivity (Wildman–Crippen MR) is 160 cm³/mol. The summed E-state index contributed by atoms with van der Waals surface area (Å²) in [5, 5.41) is 15.6. The largest absolute Gasteiger partial charge is 0.504 e.